The summed E-state index contributed by atoms with van der Waals surface area (Å²) in [6.07, 6.45) is 0. The number of benzene rings is 1. The molecular weight excluding hydrogens is 211 g/mol. The Morgan fingerprint density at radius 3 is 2.38 bits per heavy atom. The van der Waals surface area contributed by atoms with Gasteiger partial charge in [0.2, 0.25) is 0 Å². The van der Waals surface area contributed by atoms with Crippen molar-refractivity contribution in [3.8, 4) is 0 Å². The molecule has 1 rings (SSSR count). The van der Waals surface area contributed by atoms with Crippen LogP contribution in [0.15, 0.2) is 24.3 Å². The fourth-order valence-corrected chi connectivity index (χ4v) is 1.44. The van der Waals surface area contributed by atoms with E-state index >= 15 is 0 Å². The molecule has 1 aromatic carbocycles. The maximum atomic E-state index is 12.7. The summed E-state index contributed by atoms with van der Waals surface area (Å²) in [4.78, 5) is 11.3. The van der Waals surface area contributed by atoms with E-state index in [0.717, 1.165) is 0 Å². The van der Waals surface area contributed by atoms with Crippen LogP contribution in [0.2, 0.25) is 0 Å². The second-order valence-electron chi connectivity index (χ2n) is 3.90. The summed E-state index contributed by atoms with van der Waals surface area (Å²) in [6, 6.07) is 5.39. The normalized spacial score (nSPS) is 16.3. The Bertz CT molecular complexity index is 370. The van der Waals surface area contributed by atoms with Crippen LogP contribution >= 0.6 is 0 Å². The highest BCUT2D eigenvalue weighted by atomic mass is 19.1. The molecule has 4 heteroatoms. The molecule has 2 atom stereocenters. The van der Waals surface area contributed by atoms with Gasteiger partial charge < -0.3 is 9.84 Å². The lowest BCUT2D eigenvalue weighted by atomic mass is 9.84. The first kappa shape index (κ1) is 12.6. The van der Waals surface area contributed by atoms with Crippen LogP contribution in [0, 0.1) is 11.7 Å². The van der Waals surface area contributed by atoms with Crippen LogP contribution in [0.5, 0.6) is 0 Å². The van der Waals surface area contributed by atoms with Gasteiger partial charge in [-0.1, -0.05) is 12.1 Å². The zero-order valence-corrected chi connectivity index (χ0v) is 9.53. The Labute approximate surface area is 93.9 Å². The van der Waals surface area contributed by atoms with Gasteiger partial charge in [-0.05, 0) is 31.5 Å². The fraction of sp³-hybridized carbons (Fsp3) is 0.417. The first-order valence-electron chi connectivity index (χ1n) is 4.96. The molecule has 0 aliphatic carbocycles. The maximum Gasteiger partial charge on any atom is 0.311 e. The molecule has 0 heterocycles. The van der Waals surface area contributed by atoms with Crippen molar-refractivity contribution in [2.45, 2.75) is 19.4 Å². The number of methoxy groups -OCH3 is 1. The largest absolute Gasteiger partial charge is 0.469 e. The van der Waals surface area contributed by atoms with Crippen LogP contribution in [0.3, 0.4) is 0 Å². The molecule has 0 saturated heterocycles. The molecule has 1 N–H and O–H groups in total. The Kier molecular flexibility index (Phi) is 3.65. The summed E-state index contributed by atoms with van der Waals surface area (Å²) in [5.74, 6) is -1.61. The Hall–Kier alpha value is -1.42. The average molecular weight is 226 g/mol. The van der Waals surface area contributed by atoms with Gasteiger partial charge in [-0.25, -0.2) is 4.39 Å². The van der Waals surface area contributed by atoms with E-state index < -0.39 is 17.5 Å². The van der Waals surface area contributed by atoms with Crippen molar-refractivity contribution >= 4 is 5.97 Å². The molecule has 0 aliphatic rings. The summed E-state index contributed by atoms with van der Waals surface area (Å²) in [6.45, 7) is 3.07. The van der Waals surface area contributed by atoms with Crippen molar-refractivity contribution < 1.29 is 19.0 Å². The molecule has 3 nitrogen and oxygen atoms in total. The van der Waals surface area contributed by atoms with E-state index in [1.54, 1.807) is 6.92 Å². The second-order valence-corrected chi connectivity index (χ2v) is 3.90. The molecule has 0 spiro atoms. The number of halogens is 1. The van der Waals surface area contributed by atoms with Crippen molar-refractivity contribution in [1.82, 2.24) is 0 Å². The molecule has 0 unspecified atom stereocenters. The molecule has 88 valence electrons. The van der Waals surface area contributed by atoms with Gasteiger partial charge >= 0.3 is 5.97 Å². The summed E-state index contributed by atoms with van der Waals surface area (Å²) < 4.78 is 17.3. The van der Waals surface area contributed by atoms with E-state index in [0.29, 0.717) is 5.56 Å². The number of esters is 1. The molecule has 0 aromatic heterocycles. The summed E-state index contributed by atoms with van der Waals surface area (Å²) >= 11 is 0. The second kappa shape index (κ2) is 4.61. The highest BCUT2D eigenvalue weighted by Crippen LogP contribution is 2.29. The number of ether oxygens (including phenoxy) is 1. The number of hydrogen-bond donors (Lipinski definition) is 1. The molecular formula is C12H15FO3. The van der Waals surface area contributed by atoms with Gasteiger partial charge in [0.05, 0.1) is 18.6 Å². The zero-order valence-electron chi connectivity index (χ0n) is 9.53. The fourth-order valence-electron chi connectivity index (χ4n) is 1.44. The van der Waals surface area contributed by atoms with Gasteiger partial charge in [-0.2, -0.15) is 0 Å². The molecule has 0 bridgehead atoms. The van der Waals surface area contributed by atoms with Crippen LogP contribution in [0.25, 0.3) is 0 Å². The first-order valence-corrected chi connectivity index (χ1v) is 4.96. The minimum atomic E-state index is -1.37. The number of rotatable bonds is 3. The monoisotopic (exact) mass is 226 g/mol. The van der Waals surface area contributed by atoms with E-state index in [9.17, 15) is 14.3 Å². The Balaban J connectivity index is 3.01. The van der Waals surface area contributed by atoms with Crippen LogP contribution in [-0.2, 0) is 15.1 Å². The minimum Gasteiger partial charge on any atom is -0.469 e. The highest BCUT2D eigenvalue weighted by Gasteiger charge is 2.36. The topological polar surface area (TPSA) is 46.5 Å². The number of carbonyl (C=O) groups is 1. The Morgan fingerprint density at radius 1 is 1.44 bits per heavy atom. The predicted octanol–water partition coefficient (Wildman–Crippen LogP) is 1.84. The van der Waals surface area contributed by atoms with Crippen molar-refractivity contribution in [3.05, 3.63) is 35.6 Å². The molecule has 1 aromatic rings. The Morgan fingerprint density at radius 2 is 1.94 bits per heavy atom. The van der Waals surface area contributed by atoms with E-state index in [1.807, 2.05) is 0 Å². The third-order valence-electron chi connectivity index (χ3n) is 2.83. The third-order valence-corrected chi connectivity index (χ3v) is 2.83. The lowest BCUT2D eigenvalue weighted by Gasteiger charge is -2.28. The van der Waals surface area contributed by atoms with Crippen LogP contribution in [0.1, 0.15) is 19.4 Å². The SMILES string of the molecule is COC(=O)[C@H](C)[C@](C)(O)c1ccc(F)cc1. The van der Waals surface area contributed by atoms with Crippen molar-refractivity contribution in [3.63, 3.8) is 0 Å². The third kappa shape index (κ3) is 2.39. The minimum absolute atomic E-state index is 0.384. The van der Waals surface area contributed by atoms with Crippen molar-refractivity contribution in [2.24, 2.45) is 5.92 Å². The van der Waals surface area contributed by atoms with E-state index in [1.165, 1.54) is 38.3 Å². The molecule has 0 fully saturated rings. The van der Waals surface area contributed by atoms with Gasteiger partial charge in [0.1, 0.15) is 5.82 Å². The summed E-state index contributed by atoms with van der Waals surface area (Å²) in [5, 5.41) is 10.2. The summed E-state index contributed by atoms with van der Waals surface area (Å²) in [5.41, 5.74) is -0.896. The zero-order chi connectivity index (χ0) is 12.3. The van der Waals surface area contributed by atoms with Gasteiger partial charge in [-0.15, -0.1) is 0 Å². The van der Waals surface area contributed by atoms with Crippen LogP contribution in [-0.4, -0.2) is 18.2 Å². The van der Waals surface area contributed by atoms with Gasteiger partial charge in [-0.3, -0.25) is 4.79 Å². The van der Waals surface area contributed by atoms with Gasteiger partial charge in [0, 0.05) is 0 Å². The van der Waals surface area contributed by atoms with Crippen LogP contribution in [0.4, 0.5) is 4.39 Å². The summed E-state index contributed by atoms with van der Waals surface area (Å²) in [7, 11) is 1.26. The predicted molar refractivity (Wildman–Crippen MR) is 57.2 cm³/mol. The lowest BCUT2D eigenvalue weighted by molar-refractivity contribution is -0.154. The van der Waals surface area contributed by atoms with Crippen molar-refractivity contribution in [2.75, 3.05) is 7.11 Å². The van der Waals surface area contributed by atoms with E-state index in [-0.39, 0.29) is 5.82 Å². The van der Waals surface area contributed by atoms with E-state index in [4.69, 9.17) is 0 Å². The standard InChI is InChI=1S/C12H15FO3/c1-8(11(14)16-3)12(2,15)9-4-6-10(13)7-5-9/h4-8,15H,1-3H3/t8-,12-/m0/s1. The highest BCUT2D eigenvalue weighted by molar-refractivity contribution is 5.73. The number of hydrogen-bond acceptors (Lipinski definition) is 3. The molecule has 0 amide bonds. The molecule has 0 radical (unpaired) electrons. The molecule has 16 heavy (non-hydrogen) atoms. The van der Waals surface area contributed by atoms with Crippen molar-refractivity contribution in [1.29, 1.82) is 0 Å². The first-order chi connectivity index (χ1) is 7.39. The van der Waals surface area contributed by atoms with Crippen LogP contribution < -0.4 is 0 Å². The van der Waals surface area contributed by atoms with Gasteiger partial charge in [0.25, 0.3) is 0 Å². The lowest BCUT2D eigenvalue weighted by Crippen LogP contribution is -2.35. The smallest absolute Gasteiger partial charge is 0.311 e. The number of aliphatic hydroxyl groups is 1. The maximum absolute atomic E-state index is 12.7. The number of carbonyl (C=O) groups excluding carboxylic acids is 1. The van der Waals surface area contributed by atoms with E-state index in [2.05, 4.69) is 4.74 Å². The average Bonchev–Trinajstić information content (AvgIpc) is 2.27. The molecule has 0 aliphatic heterocycles. The molecule has 0 saturated carbocycles. The van der Waals surface area contributed by atoms with Gasteiger partial charge in [0.15, 0.2) is 0 Å². The quantitative estimate of drug-likeness (QED) is 0.800.